The number of nitrogens with zero attached hydrogens (tertiary/aromatic N) is 1. The Balaban J connectivity index is 2.47. The molecule has 0 aliphatic carbocycles. The number of fused-ring (bicyclic) bond motifs is 1. The maximum absolute atomic E-state index is 11.7. The topological polar surface area (TPSA) is 60.3 Å². The van der Waals surface area contributed by atoms with Gasteiger partial charge in [-0.25, -0.2) is 4.79 Å². The molecule has 5 nitrogen and oxygen atoms in total. The molecule has 0 amide bonds. The Morgan fingerprint density at radius 3 is 3.12 bits per heavy atom. The average Bonchev–Trinajstić information content (AvgIpc) is 2.30. The molecule has 1 aromatic rings. The normalized spacial score (nSPS) is 13.8. The van der Waals surface area contributed by atoms with Gasteiger partial charge in [-0.1, -0.05) is 0 Å². The number of nitrogens with one attached hydrogen (secondary N) is 1. The van der Waals surface area contributed by atoms with E-state index in [1.165, 1.54) is 12.1 Å². The van der Waals surface area contributed by atoms with E-state index >= 15 is 0 Å². The second-order valence-electron chi connectivity index (χ2n) is 3.59. The number of carbonyl (C=O) groups excluding carboxylic acids is 1. The summed E-state index contributed by atoms with van der Waals surface area (Å²) in [6, 6.07) is 2.92. The first-order valence-corrected chi connectivity index (χ1v) is 5.39. The molecule has 1 N–H and O–H groups in total. The molecular weight excluding hydrogens is 208 g/mol. The predicted octanol–water partition coefficient (Wildman–Crippen LogP) is 0.841. The van der Waals surface area contributed by atoms with Crippen molar-refractivity contribution in [2.45, 2.75) is 19.9 Å². The lowest BCUT2D eigenvalue weighted by atomic mass is 10.2. The summed E-state index contributed by atoms with van der Waals surface area (Å²) in [6.45, 7) is 3.51. The number of pyridine rings is 1. The maximum Gasteiger partial charge on any atom is 0.341 e. The molecule has 0 saturated carbocycles. The van der Waals surface area contributed by atoms with Crippen LogP contribution in [-0.4, -0.2) is 23.7 Å². The molecule has 16 heavy (non-hydrogen) atoms. The standard InChI is InChI=1S/C11H14N2O3/c1-2-16-11(15)8-4-5-9(14)13-7-3-6-12-10(8)13/h4-5,12H,2-3,6-7H2,1H3. The Morgan fingerprint density at radius 1 is 1.56 bits per heavy atom. The fraction of sp³-hybridized carbons (Fsp3) is 0.455. The minimum Gasteiger partial charge on any atom is -0.462 e. The average molecular weight is 222 g/mol. The lowest BCUT2D eigenvalue weighted by Crippen LogP contribution is -2.30. The molecule has 0 spiro atoms. The number of aromatic nitrogens is 1. The highest BCUT2D eigenvalue weighted by atomic mass is 16.5. The second kappa shape index (κ2) is 4.38. The molecule has 1 aliphatic heterocycles. The van der Waals surface area contributed by atoms with E-state index in [0.717, 1.165) is 13.0 Å². The van der Waals surface area contributed by atoms with E-state index in [2.05, 4.69) is 5.32 Å². The number of anilines is 1. The van der Waals surface area contributed by atoms with Gasteiger partial charge >= 0.3 is 5.97 Å². The third-order valence-corrected chi connectivity index (χ3v) is 2.53. The van der Waals surface area contributed by atoms with Crippen LogP contribution < -0.4 is 10.9 Å². The van der Waals surface area contributed by atoms with E-state index in [-0.39, 0.29) is 11.5 Å². The van der Waals surface area contributed by atoms with Crippen LogP contribution in [0, 0.1) is 0 Å². The number of hydrogen-bond acceptors (Lipinski definition) is 4. The highest BCUT2D eigenvalue weighted by Gasteiger charge is 2.19. The van der Waals surface area contributed by atoms with Crippen LogP contribution in [0.4, 0.5) is 5.82 Å². The number of ether oxygens (including phenoxy) is 1. The van der Waals surface area contributed by atoms with Crippen molar-refractivity contribution in [3.8, 4) is 0 Å². The van der Waals surface area contributed by atoms with Crippen molar-refractivity contribution in [2.75, 3.05) is 18.5 Å². The summed E-state index contributed by atoms with van der Waals surface area (Å²) in [6.07, 6.45) is 0.888. The van der Waals surface area contributed by atoms with Crippen LogP contribution in [0.15, 0.2) is 16.9 Å². The smallest absolute Gasteiger partial charge is 0.341 e. The quantitative estimate of drug-likeness (QED) is 0.753. The summed E-state index contributed by atoms with van der Waals surface area (Å²) in [5.41, 5.74) is 0.344. The van der Waals surface area contributed by atoms with E-state index in [4.69, 9.17) is 4.74 Å². The number of esters is 1. The molecule has 0 aromatic carbocycles. The lowest BCUT2D eigenvalue weighted by Gasteiger charge is -2.21. The van der Waals surface area contributed by atoms with Gasteiger partial charge in [-0.05, 0) is 19.4 Å². The first-order valence-electron chi connectivity index (χ1n) is 5.39. The largest absolute Gasteiger partial charge is 0.462 e. The Morgan fingerprint density at radius 2 is 2.38 bits per heavy atom. The van der Waals surface area contributed by atoms with Crippen molar-refractivity contribution in [2.24, 2.45) is 0 Å². The zero-order valence-electron chi connectivity index (χ0n) is 9.16. The van der Waals surface area contributed by atoms with Crippen molar-refractivity contribution >= 4 is 11.8 Å². The third-order valence-electron chi connectivity index (χ3n) is 2.53. The van der Waals surface area contributed by atoms with Gasteiger partial charge in [-0.3, -0.25) is 9.36 Å². The van der Waals surface area contributed by atoms with Gasteiger partial charge in [0, 0.05) is 19.2 Å². The van der Waals surface area contributed by atoms with Gasteiger partial charge in [-0.15, -0.1) is 0 Å². The lowest BCUT2D eigenvalue weighted by molar-refractivity contribution is 0.0526. The zero-order chi connectivity index (χ0) is 11.5. The van der Waals surface area contributed by atoms with Crippen molar-refractivity contribution in [1.29, 1.82) is 0 Å². The molecule has 2 heterocycles. The maximum atomic E-state index is 11.7. The SMILES string of the molecule is CCOC(=O)c1ccc(=O)n2c1NCCC2. The summed E-state index contributed by atoms with van der Waals surface area (Å²) in [4.78, 5) is 23.2. The molecule has 5 heteroatoms. The minimum absolute atomic E-state index is 0.0877. The highest BCUT2D eigenvalue weighted by Crippen LogP contribution is 2.18. The van der Waals surface area contributed by atoms with Gasteiger partial charge in [0.15, 0.2) is 0 Å². The molecule has 0 atom stereocenters. The summed E-state index contributed by atoms with van der Waals surface area (Å²) in [5, 5.41) is 3.07. The molecule has 0 fully saturated rings. The second-order valence-corrected chi connectivity index (χ2v) is 3.59. The Kier molecular flexibility index (Phi) is 2.94. The van der Waals surface area contributed by atoms with Gasteiger partial charge in [-0.2, -0.15) is 0 Å². The molecule has 1 aromatic heterocycles. The van der Waals surface area contributed by atoms with Crippen LogP contribution in [0.2, 0.25) is 0 Å². The Bertz CT molecular complexity index is 465. The fourth-order valence-electron chi connectivity index (χ4n) is 1.81. The molecule has 0 bridgehead atoms. The molecule has 2 rings (SSSR count). The molecule has 1 aliphatic rings. The monoisotopic (exact) mass is 222 g/mol. The van der Waals surface area contributed by atoms with Crippen LogP contribution in [0.1, 0.15) is 23.7 Å². The van der Waals surface area contributed by atoms with Crippen LogP contribution in [0.25, 0.3) is 0 Å². The molecule has 0 radical (unpaired) electrons. The number of hydrogen-bond donors (Lipinski definition) is 1. The van der Waals surface area contributed by atoms with E-state index < -0.39 is 0 Å². The van der Waals surface area contributed by atoms with Crippen LogP contribution in [0.3, 0.4) is 0 Å². The molecule has 86 valence electrons. The first-order chi connectivity index (χ1) is 7.74. The van der Waals surface area contributed by atoms with Crippen molar-refractivity contribution in [3.63, 3.8) is 0 Å². The number of carbonyl (C=O) groups is 1. The van der Waals surface area contributed by atoms with Gasteiger partial charge in [0.05, 0.1) is 6.61 Å². The number of rotatable bonds is 2. The fourth-order valence-corrected chi connectivity index (χ4v) is 1.81. The Hall–Kier alpha value is -1.78. The molecular formula is C11H14N2O3. The molecule has 0 saturated heterocycles. The first kappa shape index (κ1) is 10.7. The van der Waals surface area contributed by atoms with Gasteiger partial charge in [0.25, 0.3) is 5.56 Å². The van der Waals surface area contributed by atoms with Crippen molar-refractivity contribution in [3.05, 3.63) is 28.0 Å². The third kappa shape index (κ3) is 1.80. The van der Waals surface area contributed by atoms with Gasteiger partial charge in [0.1, 0.15) is 11.4 Å². The Labute approximate surface area is 93.0 Å². The van der Waals surface area contributed by atoms with Crippen LogP contribution >= 0.6 is 0 Å². The summed E-state index contributed by atoms with van der Waals surface area (Å²) in [7, 11) is 0. The van der Waals surface area contributed by atoms with Gasteiger partial charge in [0.2, 0.25) is 0 Å². The summed E-state index contributed by atoms with van der Waals surface area (Å²) < 4.78 is 6.52. The van der Waals surface area contributed by atoms with Crippen molar-refractivity contribution in [1.82, 2.24) is 4.57 Å². The van der Waals surface area contributed by atoms with E-state index in [0.29, 0.717) is 24.5 Å². The van der Waals surface area contributed by atoms with E-state index in [9.17, 15) is 9.59 Å². The zero-order valence-corrected chi connectivity index (χ0v) is 9.16. The predicted molar refractivity (Wildman–Crippen MR) is 59.8 cm³/mol. The summed E-state index contributed by atoms with van der Waals surface area (Å²) in [5.74, 6) is 0.192. The van der Waals surface area contributed by atoms with Crippen molar-refractivity contribution < 1.29 is 9.53 Å². The minimum atomic E-state index is -0.388. The van der Waals surface area contributed by atoms with Crippen LogP contribution in [-0.2, 0) is 11.3 Å². The van der Waals surface area contributed by atoms with E-state index in [1.807, 2.05) is 0 Å². The van der Waals surface area contributed by atoms with E-state index in [1.54, 1.807) is 11.5 Å². The molecule has 0 unspecified atom stereocenters. The summed E-state index contributed by atoms with van der Waals surface area (Å²) >= 11 is 0. The highest BCUT2D eigenvalue weighted by molar-refractivity contribution is 5.94. The van der Waals surface area contributed by atoms with Gasteiger partial charge < -0.3 is 10.1 Å². The van der Waals surface area contributed by atoms with Crippen LogP contribution in [0.5, 0.6) is 0 Å².